The van der Waals surface area contributed by atoms with Crippen LogP contribution >= 0.6 is 0 Å². The van der Waals surface area contributed by atoms with Gasteiger partial charge in [-0.25, -0.2) is 0 Å². The molecule has 0 spiro atoms. The van der Waals surface area contributed by atoms with Gasteiger partial charge in [0, 0.05) is 5.69 Å². The Balaban J connectivity index is 2.95. The third-order valence-corrected chi connectivity index (χ3v) is 2.96. The van der Waals surface area contributed by atoms with E-state index < -0.39 is 5.41 Å². The quantitative estimate of drug-likeness (QED) is 0.330. The molecule has 5 heteroatoms. The Morgan fingerprint density at radius 3 is 2.61 bits per heavy atom. The molecule has 18 heavy (non-hydrogen) atoms. The summed E-state index contributed by atoms with van der Waals surface area (Å²) in [5.74, 6) is -0.423. The van der Waals surface area contributed by atoms with Crippen LogP contribution in [0, 0.1) is 5.41 Å². The fourth-order valence-corrected chi connectivity index (χ4v) is 1.47. The second kappa shape index (κ2) is 5.53. The average molecular weight is 249 g/mol. The Kier molecular flexibility index (Phi) is 4.31. The van der Waals surface area contributed by atoms with Crippen LogP contribution in [0.5, 0.6) is 0 Å². The molecule has 0 aromatic heterocycles. The number of carbonyl (C=O) groups is 1. The van der Waals surface area contributed by atoms with Gasteiger partial charge in [0.15, 0.2) is 5.84 Å². The maximum Gasteiger partial charge on any atom is 0.237 e. The molecule has 98 valence electrons. The molecule has 1 aromatic carbocycles. The predicted molar refractivity (Wildman–Crippen MR) is 71.6 cm³/mol. The number of para-hydroxylation sites is 1. The third kappa shape index (κ3) is 2.80. The maximum absolute atomic E-state index is 12.1. The first kappa shape index (κ1) is 14.0. The van der Waals surface area contributed by atoms with Crippen molar-refractivity contribution < 1.29 is 10.0 Å². The molecule has 1 amide bonds. The number of hydrogen-bond acceptors (Lipinski definition) is 3. The summed E-state index contributed by atoms with van der Waals surface area (Å²) in [6, 6.07) is 7.56. The second-order valence-electron chi connectivity index (χ2n) is 4.58. The van der Waals surface area contributed by atoms with Crippen molar-refractivity contribution in [3.8, 4) is 0 Å². The molecule has 1 aromatic rings. The van der Waals surface area contributed by atoms with Crippen LogP contribution in [0.3, 0.4) is 0 Å². The van der Waals surface area contributed by atoms with Crippen LogP contribution in [-0.4, -0.2) is 17.0 Å². The zero-order chi connectivity index (χ0) is 13.8. The molecular weight excluding hydrogens is 230 g/mol. The van der Waals surface area contributed by atoms with Crippen LogP contribution in [0.25, 0.3) is 0 Å². The van der Waals surface area contributed by atoms with Crippen LogP contribution in [0.4, 0.5) is 5.69 Å². The van der Waals surface area contributed by atoms with E-state index in [2.05, 4.69) is 10.5 Å². The topological polar surface area (TPSA) is 87.7 Å². The molecule has 0 fully saturated rings. The molecule has 0 aliphatic rings. The summed E-state index contributed by atoms with van der Waals surface area (Å²) in [4.78, 5) is 12.1. The van der Waals surface area contributed by atoms with Crippen LogP contribution < -0.4 is 11.1 Å². The molecule has 0 unspecified atom stereocenters. The molecule has 0 bridgehead atoms. The van der Waals surface area contributed by atoms with E-state index in [4.69, 9.17) is 10.9 Å². The van der Waals surface area contributed by atoms with E-state index in [0.29, 0.717) is 0 Å². The SMILES string of the molecule is CCc1ccccc1NC(=O)C(C)(C)C(N)=NO. The maximum atomic E-state index is 12.1. The lowest BCUT2D eigenvalue weighted by Crippen LogP contribution is -2.42. The van der Waals surface area contributed by atoms with Gasteiger partial charge in [-0.1, -0.05) is 30.3 Å². The van der Waals surface area contributed by atoms with Gasteiger partial charge in [-0.15, -0.1) is 0 Å². The van der Waals surface area contributed by atoms with Crippen molar-refractivity contribution in [1.29, 1.82) is 0 Å². The van der Waals surface area contributed by atoms with Gasteiger partial charge in [-0.2, -0.15) is 0 Å². The van der Waals surface area contributed by atoms with Crippen molar-refractivity contribution >= 4 is 17.4 Å². The summed E-state index contributed by atoms with van der Waals surface area (Å²) in [5, 5.41) is 14.4. The number of carbonyl (C=O) groups excluding carboxylic acids is 1. The summed E-state index contributed by atoms with van der Waals surface area (Å²) >= 11 is 0. The van der Waals surface area contributed by atoms with Gasteiger partial charge < -0.3 is 16.3 Å². The highest BCUT2D eigenvalue weighted by molar-refractivity contribution is 6.11. The number of aryl methyl sites for hydroxylation is 1. The minimum Gasteiger partial charge on any atom is -0.409 e. The molecule has 0 saturated carbocycles. The Morgan fingerprint density at radius 2 is 2.06 bits per heavy atom. The smallest absolute Gasteiger partial charge is 0.237 e. The number of oxime groups is 1. The molecule has 0 atom stereocenters. The van der Waals surface area contributed by atoms with Gasteiger partial charge in [0.05, 0.1) is 0 Å². The number of hydrogen-bond donors (Lipinski definition) is 3. The van der Waals surface area contributed by atoms with Gasteiger partial charge in [-0.3, -0.25) is 4.79 Å². The van der Waals surface area contributed by atoms with Gasteiger partial charge in [0.2, 0.25) is 5.91 Å². The monoisotopic (exact) mass is 249 g/mol. The van der Waals surface area contributed by atoms with Crippen molar-refractivity contribution in [2.24, 2.45) is 16.3 Å². The number of amides is 1. The summed E-state index contributed by atoms with van der Waals surface area (Å²) in [6.07, 6.45) is 0.820. The molecule has 0 radical (unpaired) electrons. The van der Waals surface area contributed by atoms with Crippen molar-refractivity contribution in [3.63, 3.8) is 0 Å². The molecule has 0 saturated heterocycles. The van der Waals surface area contributed by atoms with Gasteiger partial charge >= 0.3 is 0 Å². The normalized spacial score (nSPS) is 12.3. The first-order valence-corrected chi connectivity index (χ1v) is 5.80. The minimum absolute atomic E-state index is 0.117. The summed E-state index contributed by atoms with van der Waals surface area (Å²) < 4.78 is 0. The number of benzene rings is 1. The highest BCUT2D eigenvalue weighted by Gasteiger charge is 2.33. The van der Waals surface area contributed by atoms with E-state index in [9.17, 15) is 4.79 Å². The first-order chi connectivity index (χ1) is 8.43. The van der Waals surface area contributed by atoms with Crippen LogP contribution in [0.1, 0.15) is 26.3 Å². The molecular formula is C13H19N3O2. The lowest BCUT2D eigenvalue weighted by molar-refractivity contribution is -0.121. The van der Waals surface area contributed by atoms with Gasteiger partial charge in [0.1, 0.15) is 5.41 Å². The van der Waals surface area contributed by atoms with E-state index in [0.717, 1.165) is 17.7 Å². The summed E-state index contributed by atoms with van der Waals surface area (Å²) in [7, 11) is 0. The number of nitrogens with one attached hydrogen (secondary N) is 1. The standard InChI is InChI=1S/C13H19N3O2/c1-4-9-7-5-6-8-10(9)15-12(17)13(2,3)11(14)16-18/h5-8,18H,4H2,1-3H3,(H2,14,16)(H,15,17). The Morgan fingerprint density at radius 1 is 1.44 bits per heavy atom. The Hall–Kier alpha value is -2.04. The Labute approximate surface area is 107 Å². The number of rotatable bonds is 4. The lowest BCUT2D eigenvalue weighted by Gasteiger charge is -2.22. The van der Waals surface area contributed by atoms with E-state index in [1.807, 2.05) is 31.2 Å². The second-order valence-corrected chi connectivity index (χ2v) is 4.58. The Bertz CT molecular complexity index is 467. The van der Waals surface area contributed by atoms with Crippen molar-refractivity contribution in [2.45, 2.75) is 27.2 Å². The highest BCUT2D eigenvalue weighted by Crippen LogP contribution is 2.21. The third-order valence-electron chi connectivity index (χ3n) is 2.96. The largest absolute Gasteiger partial charge is 0.409 e. The summed E-state index contributed by atoms with van der Waals surface area (Å²) in [6.45, 7) is 5.22. The fraction of sp³-hybridized carbons (Fsp3) is 0.385. The average Bonchev–Trinajstić information content (AvgIpc) is 2.38. The molecule has 5 nitrogen and oxygen atoms in total. The van der Waals surface area contributed by atoms with E-state index >= 15 is 0 Å². The molecule has 1 rings (SSSR count). The van der Waals surface area contributed by atoms with Crippen molar-refractivity contribution in [2.75, 3.05) is 5.32 Å². The highest BCUT2D eigenvalue weighted by atomic mass is 16.4. The molecule has 0 aliphatic carbocycles. The summed E-state index contributed by atoms with van der Waals surface area (Å²) in [5.41, 5.74) is 6.25. The van der Waals surface area contributed by atoms with E-state index in [1.165, 1.54) is 0 Å². The van der Waals surface area contributed by atoms with Crippen LogP contribution in [-0.2, 0) is 11.2 Å². The number of anilines is 1. The molecule has 4 N–H and O–H groups in total. The zero-order valence-electron chi connectivity index (χ0n) is 10.9. The minimum atomic E-state index is -1.06. The van der Waals surface area contributed by atoms with E-state index in [1.54, 1.807) is 13.8 Å². The lowest BCUT2D eigenvalue weighted by atomic mass is 9.90. The van der Waals surface area contributed by atoms with E-state index in [-0.39, 0.29) is 11.7 Å². The van der Waals surface area contributed by atoms with Crippen molar-refractivity contribution in [3.05, 3.63) is 29.8 Å². The fourth-order valence-electron chi connectivity index (χ4n) is 1.47. The van der Waals surface area contributed by atoms with Crippen LogP contribution in [0.2, 0.25) is 0 Å². The predicted octanol–water partition coefficient (Wildman–Crippen LogP) is 1.96. The van der Waals surface area contributed by atoms with Gasteiger partial charge in [-0.05, 0) is 31.9 Å². The number of nitrogens with zero attached hydrogens (tertiary/aromatic N) is 1. The molecule has 0 aliphatic heterocycles. The number of nitrogens with two attached hydrogens (primary N) is 1. The van der Waals surface area contributed by atoms with Gasteiger partial charge in [0.25, 0.3) is 0 Å². The van der Waals surface area contributed by atoms with Crippen LogP contribution in [0.15, 0.2) is 29.4 Å². The number of amidine groups is 1. The molecule has 0 heterocycles. The first-order valence-electron chi connectivity index (χ1n) is 5.80. The van der Waals surface area contributed by atoms with Crippen molar-refractivity contribution in [1.82, 2.24) is 0 Å². The zero-order valence-corrected chi connectivity index (χ0v) is 10.9.